The third-order valence-electron chi connectivity index (χ3n) is 10.1. The second-order valence-electron chi connectivity index (χ2n) is 14.9. The van der Waals surface area contributed by atoms with Gasteiger partial charge in [0.15, 0.2) is 0 Å². The minimum Gasteiger partial charge on any atom is -0.403 e. The second kappa shape index (κ2) is 11.7. The fourth-order valence-corrected chi connectivity index (χ4v) is 7.00. The van der Waals surface area contributed by atoms with Gasteiger partial charge in [-0.3, -0.25) is 4.79 Å². The van der Waals surface area contributed by atoms with Crippen LogP contribution in [0.25, 0.3) is 0 Å². The quantitative estimate of drug-likeness (QED) is 0.356. The molecule has 1 aromatic carbocycles. The summed E-state index contributed by atoms with van der Waals surface area (Å²) in [6, 6.07) is 8.38. The third kappa shape index (κ3) is 7.42. The number of halogens is 1. The average molecular weight is 559 g/mol. The van der Waals surface area contributed by atoms with Gasteiger partial charge in [-0.15, -0.1) is 0 Å². The van der Waals surface area contributed by atoms with Crippen molar-refractivity contribution in [1.82, 2.24) is 10.2 Å². The third-order valence-corrected chi connectivity index (χ3v) is 10.3. The number of benzene rings is 1. The number of amides is 1. The van der Waals surface area contributed by atoms with Gasteiger partial charge in [-0.25, -0.2) is 0 Å². The molecule has 1 amide bonds. The molecule has 0 aromatic heterocycles. The zero-order chi connectivity index (χ0) is 28.6. The number of carbonyl (C=O) groups excluding carboxylic acids is 1. The van der Waals surface area contributed by atoms with Crippen molar-refractivity contribution < 1.29 is 14.1 Å². The maximum absolute atomic E-state index is 13.8. The fourth-order valence-electron chi connectivity index (χ4n) is 6.87. The zero-order valence-corrected chi connectivity index (χ0v) is 26.5. The minimum absolute atomic E-state index is 0.163. The molecule has 1 aliphatic carbocycles. The van der Waals surface area contributed by atoms with Crippen molar-refractivity contribution >= 4 is 24.6 Å². The van der Waals surface area contributed by atoms with E-state index in [-0.39, 0.29) is 35.2 Å². The van der Waals surface area contributed by atoms with E-state index in [1.807, 2.05) is 12.1 Å². The molecular weight excluding hydrogens is 507 g/mol. The Morgan fingerprint density at radius 1 is 1.00 bits per heavy atom. The van der Waals surface area contributed by atoms with Crippen LogP contribution in [-0.2, 0) is 14.1 Å². The van der Waals surface area contributed by atoms with Gasteiger partial charge in [-0.1, -0.05) is 43.5 Å². The first-order valence-electron chi connectivity index (χ1n) is 15.2. The fraction of sp³-hybridized carbons (Fsp3) is 0.781. The number of hydrogen-bond donors (Lipinski definition) is 1. The monoisotopic (exact) mass is 558 g/mol. The minimum atomic E-state index is -0.376. The summed E-state index contributed by atoms with van der Waals surface area (Å²) in [6.45, 7) is 20.1. The Bertz CT molecular complexity index is 968. The molecule has 0 spiro atoms. The number of piperidine rings is 1. The molecule has 218 valence electrons. The Morgan fingerprint density at radius 2 is 1.59 bits per heavy atom. The molecule has 1 saturated carbocycles. The van der Waals surface area contributed by atoms with Crippen molar-refractivity contribution in [2.24, 2.45) is 17.3 Å². The molecule has 0 bridgehead atoms. The van der Waals surface area contributed by atoms with E-state index in [0.29, 0.717) is 17.8 Å². The summed E-state index contributed by atoms with van der Waals surface area (Å²) in [4.78, 5) is 16.5. The SMILES string of the molecule is CC(C)(C)NC(=O)[C@@]1(C)C[C@H](CCB2OC(C)(C)C(C)(C)O2)CCC1CN1CCC(c2ccc(Cl)cc2)CC1. The molecule has 4 rings (SSSR count). The van der Waals surface area contributed by atoms with Crippen LogP contribution in [0.1, 0.15) is 105 Å². The van der Waals surface area contributed by atoms with E-state index in [1.165, 1.54) is 12.0 Å². The van der Waals surface area contributed by atoms with Gasteiger partial charge < -0.3 is 19.5 Å². The lowest BCUT2D eigenvalue weighted by atomic mass is 9.61. The van der Waals surface area contributed by atoms with Gasteiger partial charge in [0.1, 0.15) is 0 Å². The maximum atomic E-state index is 13.8. The van der Waals surface area contributed by atoms with Gasteiger partial charge in [0.2, 0.25) is 5.91 Å². The standard InChI is InChI=1S/C32H52BClN2O3/c1-29(2,3)35-28(37)32(8)21-23(15-18-33-38-30(4,5)31(6,7)39-33)9-12-26(32)22-36-19-16-25(17-20-36)24-10-13-27(34)14-11-24/h10-11,13-14,23,25-26H,9,12,15-22H2,1-8H3,(H,35,37)/t23-,26?,32-/m0/s1. The van der Waals surface area contributed by atoms with Gasteiger partial charge in [0.25, 0.3) is 0 Å². The van der Waals surface area contributed by atoms with Crippen molar-refractivity contribution in [2.75, 3.05) is 19.6 Å². The van der Waals surface area contributed by atoms with Crippen LogP contribution in [0.2, 0.25) is 11.3 Å². The van der Waals surface area contributed by atoms with Gasteiger partial charge in [-0.2, -0.15) is 0 Å². The lowest BCUT2D eigenvalue weighted by Gasteiger charge is -2.47. The topological polar surface area (TPSA) is 50.8 Å². The highest BCUT2D eigenvalue weighted by atomic mass is 35.5. The van der Waals surface area contributed by atoms with Crippen LogP contribution >= 0.6 is 11.6 Å². The van der Waals surface area contributed by atoms with Crippen molar-refractivity contribution in [3.63, 3.8) is 0 Å². The van der Waals surface area contributed by atoms with Crippen molar-refractivity contribution in [3.05, 3.63) is 34.9 Å². The van der Waals surface area contributed by atoms with E-state index >= 15 is 0 Å². The number of nitrogens with zero attached hydrogens (tertiary/aromatic N) is 1. The molecule has 1 N–H and O–H groups in total. The summed E-state index contributed by atoms with van der Waals surface area (Å²) in [7, 11) is -0.163. The molecule has 2 aliphatic heterocycles. The first kappa shape index (κ1) is 30.9. The summed E-state index contributed by atoms with van der Waals surface area (Å²) >= 11 is 6.11. The summed E-state index contributed by atoms with van der Waals surface area (Å²) in [5.74, 6) is 1.68. The van der Waals surface area contributed by atoms with Crippen LogP contribution in [0.5, 0.6) is 0 Å². The van der Waals surface area contributed by atoms with Crippen LogP contribution in [0.4, 0.5) is 0 Å². The van der Waals surface area contributed by atoms with Crippen molar-refractivity contribution in [1.29, 1.82) is 0 Å². The number of nitrogens with one attached hydrogen (secondary N) is 1. The first-order valence-corrected chi connectivity index (χ1v) is 15.6. The molecule has 5 nitrogen and oxygen atoms in total. The smallest absolute Gasteiger partial charge is 0.403 e. The predicted octanol–water partition coefficient (Wildman–Crippen LogP) is 7.34. The summed E-state index contributed by atoms with van der Waals surface area (Å²) in [6.07, 6.45) is 7.45. The number of likely N-dealkylation sites (tertiary alicyclic amines) is 1. The highest BCUT2D eigenvalue weighted by Gasteiger charge is 2.52. The van der Waals surface area contributed by atoms with E-state index in [1.54, 1.807) is 0 Å². The van der Waals surface area contributed by atoms with E-state index in [9.17, 15) is 4.79 Å². The molecule has 2 heterocycles. The van der Waals surface area contributed by atoms with Crippen LogP contribution < -0.4 is 5.32 Å². The first-order chi connectivity index (χ1) is 18.1. The molecule has 7 heteroatoms. The molecule has 39 heavy (non-hydrogen) atoms. The van der Waals surface area contributed by atoms with E-state index < -0.39 is 0 Å². The van der Waals surface area contributed by atoms with Crippen LogP contribution in [-0.4, -0.2) is 54.3 Å². The molecule has 3 aliphatic rings. The predicted molar refractivity (Wildman–Crippen MR) is 162 cm³/mol. The van der Waals surface area contributed by atoms with Crippen LogP contribution in [0, 0.1) is 17.3 Å². The van der Waals surface area contributed by atoms with E-state index in [2.05, 4.69) is 77.7 Å². The van der Waals surface area contributed by atoms with Crippen molar-refractivity contribution in [3.8, 4) is 0 Å². The second-order valence-corrected chi connectivity index (χ2v) is 15.3. The lowest BCUT2D eigenvalue weighted by Crippen LogP contribution is -2.55. The Labute approximate surface area is 243 Å². The Morgan fingerprint density at radius 3 is 2.15 bits per heavy atom. The molecule has 2 saturated heterocycles. The molecule has 1 unspecified atom stereocenters. The van der Waals surface area contributed by atoms with Crippen LogP contribution in [0.15, 0.2) is 24.3 Å². The molecule has 0 radical (unpaired) electrons. The molecule has 1 aromatic rings. The Balaban J connectivity index is 1.38. The van der Waals surface area contributed by atoms with E-state index in [4.69, 9.17) is 20.9 Å². The van der Waals surface area contributed by atoms with Gasteiger partial charge >= 0.3 is 7.12 Å². The number of hydrogen-bond acceptors (Lipinski definition) is 4. The lowest BCUT2D eigenvalue weighted by molar-refractivity contribution is -0.139. The zero-order valence-electron chi connectivity index (χ0n) is 25.7. The van der Waals surface area contributed by atoms with Gasteiger partial charge in [0, 0.05) is 17.1 Å². The highest BCUT2D eigenvalue weighted by Crippen LogP contribution is 2.47. The largest absolute Gasteiger partial charge is 0.457 e. The number of rotatable bonds is 7. The highest BCUT2D eigenvalue weighted by molar-refractivity contribution is 6.45. The van der Waals surface area contributed by atoms with Crippen molar-refractivity contribution in [2.45, 2.75) is 123 Å². The summed E-state index contributed by atoms with van der Waals surface area (Å²) in [5.41, 5.74) is 0.196. The van der Waals surface area contributed by atoms with Crippen LogP contribution in [0.3, 0.4) is 0 Å². The average Bonchev–Trinajstić information content (AvgIpc) is 3.05. The maximum Gasteiger partial charge on any atom is 0.457 e. The normalized spacial score (nSPS) is 29.9. The number of carbonyl (C=O) groups is 1. The summed E-state index contributed by atoms with van der Waals surface area (Å²) in [5, 5.41) is 4.15. The van der Waals surface area contributed by atoms with Gasteiger partial charge in [-0.05, 0) is 129 Å². The Kier molecular flexibility index (Phi) is 9.23. The summed E-state index contributed by atoms with van der Waals surface area (Å²) < 4.78 is 12.5. The molecule has 3 fully saturated rings. The van der Waals surface area contributed by atoms with E-state index in [0.717, 1.165) is 63.1 Å². The molecular formula is C32H52BClN2O3. The van der Waals surface area contributed by atoms with Gasteiger partial charge in [0.05, 0.1) is 16.6 Å². The Hall–Kier alpha value is -1.08. The molecule has 3 atom stereocenters.